The summed E-state index contributed by atoms with van der Waals surface area (Å²) in [5.41, 5.74) is 1.01. The lowest BCUT2D eigenvalue weighted by Gasteiger charge is -2.19. The molecule has 2 aromatic heterocycles. The van der Waals surface area contributed by atoms with Gasteiger partial charge >= 0.3 is 0 Å². The first kappa shape index (κ1) is 16.2. The number of hydrogen-bond acceptors (Lipinski definition) is 6. The molecule has 0 saturated carbocycles. The molecule has 0 unspecified atom stereocenters. The van der Waals surface area contributed by atoms with Crippen molar-refractivity contribution in [3.05, 3.63) is 22.5 Å². The van der Waals surface area contributed by atoms with E-state index in [0.717, 1.165) is 25.3 Å². The highest BCUT2D eigenvalue weighted by atomic mass is 32.1. The zero-order valence-corrected chi connectivity index (χ0v) is 14.7. The largest absolute Gasteiger partial charge is 0.483 e. The van der Waals surface area contributed by atoms with Crippen molar-refractivity contribution in [2.45, 2.75) is 13.8 Å². The third-order valence-corrected chi connectivity index (χ3v) is 5.46. The summed E-state index contributed by atoms with van der Waals surface area (Å²) in [4.78, 5) is 18.3. The summed E-state index contributed by atoms with van der Waals surface area (Å²) in [6.07, 6.45) is 0. The van der Waals surface area contributed by atoms with E-state index in [1.165, 1.54) is 0 Å². The number of aromatic nitrogens is 1. The van der Waals surface area contributed by atoms with E-state index in [0.29, 0.717) is 18.8 Å². The molecule has 0 radical (unpaired) electrons. The number of carbonyl (C=O) groups is 1. The number of aliphatic hydroxyl groups excluding tert-OH is 1. The van der Waals surface area contributed by atoms with Crippen molar-refractivity contribution in [1.82, 2.24) is 9.88 Å². The van der Waals surface area contributed by atoms with Crippen LogP contribution < -0.4 is 4.74 Å². The quantitative estimate of drug-likeness (QED) is 0.742. The minimum atomic E-state index is -0.120. The van der Waals surface area contributed by atoms with E-state index in [-0.39, 0.29) is 19.1 Å². The van der Waals surface area contributed by atoms with Crippen molar-refractivity contribution in [2.75, 3.05) is 26.3 Å². The molecule has 122 valence electrons. The van der Waals surface area contributed by atoms with Crippen molar-refractivity contribution >= 4 is 48.9 Å². The molecule has 1 aromatic carbocycles. The highest BCUT2D eigenvalue weighted by Gasteiger charge is 2.15. The number of thiophene rings is 1. The van der Waals surface area contributed by atoms with Crippen LogP contribution in [0, 0.1) is 6.92 Å². The van der Waals surface area contributed by atoms with E-state index < -0.39 is 0 Å². The number of aryl methyl sites for hydroxylation is 1. The molecule has 0 aliphatic rings. The predicted molar refractivity (Wildman–Crippen MR) is 94.6 cm³/mol. The molecule has 23 heavy (non-hydrogen) atoms. The maximum atomic E-state index is 12.2. The fourth-order valence-electron chi connectivity index (χ4n) is 2.52. The van der Waals surface area contributed by atoms with Crippen LogP contribution in [-0.2, 0) is 4.79 Å². The van der Waals surface area contributed by atoms with Crippen LogP contribution in [0.2, 0.25) is 0 Å². The van der Waals surface area contributed by atoms with Crippen LogP contribution in [0.5, 0.6) is 5.75 Å². The number of ether oxygens (including phenoxy) is 1. The van der Waals surface area contributed by atoms with Crippen molar-refractivity contribution in [2.24, 2.45) is 0 Å². The third kappa shape index (κ3) is 3.17. The average Bonchev–Trinajstić information content (AvgIpc) is 3.15. The van der Waals surface area contributed by atoms with E-state index in [1.54, 1.807) is 27.6 Å². The van der Waals surface area contributed by atoms with Gasteiger partial charge in [-0.3, -0.25) is 4.79 Å². The molecule has 0 fully saturated rings. The molecule has 0 aliphatic carbocycles. The first-order valence-corrected chi connectivity index (χ1v) is 9.12. The van der Waals surface area contributed by atoms with E-state index in [2.05, 4.69) is 4.98 Å². The molecule has 0 aliphatic heterocycles. The average molecular weight is 350 g/mol. The van der Waals surface area contributed by atoms with E-state index in [1.807, 2.05) is 31.4 Å². The molecule has 1 amide bonds. The lowest BCUT2D eigenvalue weighted by molar-refractivity contribution is -0.133. The summed E-state index contributed by atoms with van der Waals surface area (Å²) in [7, 11) is 0. The Kier molecular flexibility index (Phi) is 4.79. The summed E-state index contributed by atoms with van der Waals surface area (Å²) in [6, 6.07) is 3.96. The normalized spacial score (nSPS) is 11.3. The molecule has 5 nitrogen and oxygen atoms in total. The fourth-order valence-corrected chi connectivity index (χ4v) is 4.35. The molecule has 3 rings (SSSR count). The number of hydrogen-bond donors (Lipinski definition) is 1. The highest BCUT2D eigenvalue weighted by Crippen LogP contribution is 2.38. The fraction of sp³-hybridized carbons (Fsp3) is 0.375. The first-order chi connectivity index (χ1) is 11.1. The van der Waals surface area contributed by atoms with Gasteiger partial charge in [0.15, 0.2) is 6.61 Å². The van der Waals surface area contributed by atoms with Gasteiger partial charge in [-0.2, -0.15) is 0 Å². The maximum Gasteiger partial charge on any atom is 0.260 e. The lowest BCUT2D eigenvalue weighted by atomic mass is 10.2. The van der Waals surface area contributed by atoms with Crippen LogP contribution in [0.4, 0.5) is 0 Å². The summed E-state index contributed by atoms with van der Waals surface area (Å²) in [5.74, 6) is 0.594. The molecule has 7 heteroatoms. The van der Waals surface area contributed by atoms with Crippen LogP contribution in [0.3, 0.4) is 0 Å². The van der Waals surface area contributed by atoms with E-state index >= 15 is 0 Å². The third-order valence-electron chi connectivity index (χ3n) is 3.62. The Hall–Kier alpha value is -1.70. The van der Waals surface area contributed by atoms with Crippen molar-refractivity contribution < 1.29 is 14.6 Å². The Morgan fingerprint density at radius 3 is 3.04 bits per heavy atom. The van der Waals surface area contributed by atoms with E-state index in [9.17, 15) is 4.79 Å². The number of fused-ring (bicyclic) bond motifs is 3. The second-order valence-electron chi connectivity index (χ2n) is 5.10. The van der Waals surface area contributed by atoms with Crippen LogP contribution >= 0.6 is 22.7 Å². The number of thiazole rings is 1. The zero-order chi connectivity index (χ0) is 16.4. The molecule has 0 atom stereocenters. The number of carbonyl (C=O) groups excluding carboxylic acids is 1. The minimum Gasteiger partial charge on any atom is -0.483 e. The number of likely N-dealkylation sites (N-methyl/N-ethyl adjacent to an activating group) is 1. The van der Waals surface area contributed by atoms with E-state index in [4.69, 9.17) is 9.84 Å². The topological polar surface area (TPSA) is 62.7 Å². The van der Waals surface area contributed by atoms with Gasteiger partial charge in [-0.1, -0.05) is 0 Å². The van der Waals surface area contributed by atoms with Gasteiger partial charge in [0.1, 0.15) is 5.75 Å². The van der Waals surface area contributed by atoms with Gasteiger partial charge in [-0.15, -0.1) is 22.7 Å². The monoisotopic (exact) mass is 350 g/mol. The van der Waals surface area contributed by atoms with Crippen LogP contribution in [0.25, 0.3) is 20.3 Å². The van der Waals surface area contributed by atoms with Gasteiger partial charge in [0.2, 0.25) is 0 Å². The molecule has 1 N–H and O–H groups in total. The number of benzene rings is 1. The molecule has 3 aromatic rings. The Labute approximate surface area is 142 Å². The summed E-state index contributed by atoms with van der Waals surface area (Å²) < 4.78 is 7.96. The van der Waals surface area contributed by atoms with Crippen LogP contribution in [0.15, 0.2) is 17.5 Å². The highest BCUT2D eigenvalue weighted by molar-refractivity contribution is 7.21. The summed E-state index contributed by atoms with van der Waals surface area (Å²) in [5, 5.41) is 13.0. The lowest BCUT2D eigenvalue weighted by Crippen LogP contribution is -2.36. The van der Waals surface area contributed by atoms with Crippen molar-refractivity contribution in [1.29, 1.82) is 0 Å². The van der Waals surface area contributed by atoms with Gasteiger partial charge in [0.25, 0.3) is 5.91 Å². The number of aliphatic hydroxyl groups is 1. The van der Waals surface area contributed by atoms with Crippen molar-refractivity contribution in [3.63, 3.8) is 0 Å². The second kappa shape index (κ2) is 6.82. The smallest absolute Gasteiger partial charge is 0.260 e. The molecular weight excluding hydrogens is 332 g/mol. The van der Waals surface area contributed by atoms with Crippen LogP contribution in [-0.4, -0.2) is 47.2 Å². The Morgan fingerprint density at radius 1 is 1.48 bits per heavy atom. The molecule has 2 heterocycles. The second-order valence-corrected chi connectivity index (χ2v) is 7.25. The summed E-state index contributed by atoms with van der Waals surface area (Å²) in [6.45, 7) is 4.70. The van der Waals surface area contributed by atoms with Crippen molar-refractivity contribution in [3.8, 4) is 5.75 Å². The Bertz CT molecular complexity index is 840. The summed E-state index contributed by atoms with van der Waals surface area (Å²) >= 11 is 3.26. The molecular formula is C16H18N2O3S2. The number of rotatable bonds is 6. The first-order valence-electron chi connectivity index (χ1n) is 7.42. The van der Waals surface area contributed by atoms with Crippen LogP contribution in [0.1, 0.15) is 11.9 Å². The van der Waals surface area contributed by atoms with Gasteiger partial charge < -0.3 is 14.7 Å². The maximum absolute atomic E-state index is 12.2. The number of nitrogens with zero attached hydrogens (tertiary/aromatic N) is 2. The minimum absolute atomic E-state index is 0.0257. The Morgan fingerprint density at radius 2 is 2.30 bits per heavy atom. The predicted octanol–water partition coefficient (Wildman–Crippen LogP) is 3.04. The van der Waals surface area contributed by atoms with Gasteiger partial charge in [0, 0.05) is 24.5 Å². The van der Waals surface area contributed by atoms with Gasteiger partial charge in [0.05, 0.1) is 26.5 Å². The number of amides is 1. The zero-order valence-electron chi connectivity index (χ0n) is 13.0. The molecule has 0 bridgehead atoms. The Balaban J connectivity index is 1.87. The van der Waals surface area contributed by atoms with Gasteiger partial charge in [-0.05, 0) is 25.3 Å². The standard InChI is InChI=1S/C16H18N2O3S2/c1-3-18(5-6-19)14(20)9-21-12-8-13-15(17-10(2)23-13)16-11(12)4-7-22-16/h4,7-8,19H,3,5-6,9H2,1-2H3. The SMILES string of the molecule is CCN(CCO)C(=O)COc1cc2sc(C)nc2c2sccc12. The van der Waals surface area contributed by atoms with Gasteiger partial charge in [-0.25, -0.2) is 4.98 Å². The molecule has 0 saturated heterocycles. The molecule has 0 spiro atoms.